The monoisotopic (exact) mass is 256 g/mol. The molecule has 1 aromatic rings. The van der Waals surface area contributed by atoms with Crippen molar-refractivity contribution in [2.75, 3.05) is 0 Å². The highest BCUT2D eigenvalue weighted by Crippen LogP contribution is 2.38. The van der Waals surface area contributed by atoms with Crippen LogP contribution in [0, 0.1) is 11.8 Å². The Balaban J connectivity index is 1.77. The number of carbonyl (C=O) groups is 3. The van der Waals surface area contributed by atoms with Gasteiger partial charge in [0.1, 0.15) is 5.92 Å². The summed E-state index contributed by atoms with van der Waals surface area (Å²) in [4.78, 5) is 36.2. The van der Waals surface area contributed by atoms with Crippen LogP contribution in [0.3, 0.4) is 0 Å². The molecule has 0 aromatic heterocycles. The van der Waals surface area contributed by atoms with Gasteiger partial charge in [0.25, 0.3) is 0 Å². The molecule has 0 atom stereocenters. The summed E-state index contributed by atoms with van der Waals surface area (Å²) in [6.07, 6.45) is 2.33. The third-order valence-corrected chi connectivity index (χ3v) is 4.07. The van der Waals surface area contributed by atoms with E-state index in [9.17, 15) is 14.4 Å². The Kier molecular flexibility index (Phi) is 3.05. The highest BCUT2D eigenvalue weighted by Gasteiger charge is 2.45. The number of Topliss-reactive ketones (excluding diaryl/α,β-unsaturated/α-hetero) is 3. The fourth-order valence-electron chi connectivity index (χ4n) is 2.85. The van der Waals surface area contributed by atoms with E-state index < -0.39 is 5.92 Å². The van der Waals surface area contributed by atoms with Gasteiger partial charge in [0.2, 0.25) is 0 Å². The van der Waals surface area contributed by atoms with Crippen molar-refractivity contribution in [3.63, 3.8) is 0 Å². The molecule has 0 amide bonds. The largest absolute Gasteiger partial charge is 0.298 e. The summed E-state index contributed by atoms with van der Waals surface area (Å²) >= 11 is 0. The predicted molar refractivity (Wildman–Crippen MR) is 69.7 cm³/mol. The van der Waals surface area contributed by atoms with E-state index in [1.165, 1.54) is 0 Å². The van der Waals surface area contributed by atoms with E-state index in [0.717, 1.165) is 18.4 Å². The van der Waals surface area contributed by atoms with Crippen molar-refractivity contribution in [3.05, 3.63) is 35.9 Å². The highest BCUT2D eigenvalue weighted by atomic mass is 16.2. The van der Waals surface area contributed by atoms with Crippen LogP contribution in [0.4, 0.5) is 0 Å². The number of carbonyl (C=O) groups excluding carboxylic acids is 3. The molecule has 19 heavy (non-hydrogen) atoms. The molecule has 0 N–H and O–H groups in total. The first-order chi connectivity index (χ1) is 9.16. The van der Waals surface area contributed by atoms with Crippen LogP contribution >= 0.6 is 0 Å². The molecule has 0 spiro atoms. The molecule has 0 bridgehead atoms. The molecule has 0 saturated heterocycles. The Morgan fingerprint density at radius 3 is 2.05 bits per heavy atom. The summed E-state index contributed by atoms with van der Waals surface area (Å²) in [5.41, 5.74) is 1.02. The van der Waals surface area contributed by atoms with Crippen molar-refractivity contribution in [3.8, 4) is 0 Å². The summed E-state index contributed by atoms with van der Waals surface area (Å²) in [6, 6.07) is 9.61. The fraction of sp³-hybridized carbons (Fsp3) is 0.438. The van der Waals surface area contributed by atoms with Gasteiger partial charge in [0, 0.05) is 18.8 Å². The molecule has 2 aliphatic carbocycles. The van der Waals surface area contributed by atoms with Gasteiger partial charge in [-0.15, -0.1) is 0 Å². The first-order valence-corrected chi connectivity index (χ1v) is 6.81. The standard InChI is InChI=1S/C16H16O3/c17-13-8-12(10-4-2-1-3-5-10)9-14(18)15(13)16(19)11-6-7-11/h1-5,11-12,15H,6-9H2. The third-order valence-electron chi connectivity index (χ3n) is 4.07. The Labute approximate surface area is 112 Å². The van der Waals surface area contributed by atoms with Crippen LogP contribution in [0.1, 0.15) is 37.2 Å². The maximum absolute atomic E-state index is 12.1. The van der Waals surface area contributed by atoms with Crippen LogP contribution in [-0.2, 0) is 14.4 Å². The van der Waals surface area contributed by atoms with Gasteiger partial charge in [-0.1, -0.05) is 30.3 Å². The smallest absolute Gasteiger partial charge is 0.153 e. The lowest BCUT2D eigenvalue weighted by Gasteiger charge is -2.25. The van der Waals surface area contributed by atoms with Crippen LogP contribution in [0.25, 0.3) is 0 Å². The van der Waals surface area contributed by atoms with Crippen molar-refractivity contribution in [1.29, 1.82) is 0 Å². The van der Waals surface area contributed by atoms with Gasteiger partial charge in [-0.2, -0.15) is 0 Å². The van der Waals surface area contributed by atoms with Crippen LogP contribution in [0.5, 0.6) is 0 Å². The van der Waals surface area contributed by atoms with Crippen molar-refractivity contribution in [2.45, 2.75) is 31.6 Å². The van der Waals surface area contributed by atoms with Gasteiger partial charge in [0.15, 0.2) is 17.3 Å². The molecule has 98 valence electrons. The normalized spacial score (nSPS) is 27.4. The van der Waals surface area contributed by atoms with E-state index in [1.807, 2.05) is 30.3 Å². The molecule has 3 heteroatoms. The molecule has 0 aliphatic heterocycles. The first kappa shape index (κ1) is 12.3. The second-order valence-corrected chi connectivity index (χ2v) is 5.56. The van der Waals surface area contributed by atoms with E-state index >= 15 is 0 Å². The summed E-state index contributed by atoms with van der Waals surface area (Å²) in [5.74, 6) is -1.51. The van der Waals surface area contributed by atoms with E-state index in [0.29, 0.717) is 12.8 Å². The average Bonchev–Trinajstić information content (AvgIpc) is 3.23. The molecular formula is C16H16O3. The third kappa shape index (κ3) is 2.37. The highest BCUT2D eigenvalue weighted by molar-refractivity contribution is 6.21. The summed E-state index contributed by atoms with van der Waals surface area (Å²) in [5, 5.41) is 0. The average molecular weight is 256 g/mol. The summed E-state index contributed by atoms with van der Waals surface area (Å²) in [6.45, 7) is 0. The minimum Gasteiger partial charge on any atom is -0.298 e. The number of rotatable bonds is 3. The maximum Gasteiger partial charge on any atom is 0.153 e. The Bertz CT molecular complexity index is 510. The Morgan fingerprint density at radius 2 is 1.53 bits per heavy atom. The quantitative estimate of drug-likeness (QED) is 0.780. The predicted octanol–water partition coefficient (Wildman–Crippen LogP) is 2.30. The minimum absolute atomic E-state index is 0.0221. The summed E-state index contributed by atoms with van der Waals surface area (Å²) in [7, 11) is 0. The van der Waals surface area contributed by atoms with Crippen molar-refractivity contribution in [1.82, 2.24) is 0 Å². The molecule has 2 fully saturated rings. The van der Waals surface area contributed by atoms with Crippen molar-refractivity contribution >= 4 is 17.3 Å². The van der Waals surface area contributed by atoms with E-state index in [2.05, 4.69) is 0 Å². The van der Waals surface area contributed by atoms with Crippen LogP contribution in [-0.4, -0.2) is 17.3 Å². The maximum atomic E-state index is 12.1. The summed E-state index contributed by atoms with van der Waals surface area (Å²) < 4.78 is 0. The van der Waals surface area contributed by atoms with Crippen LogP contribution in [0.2, 0.25) is 0 Å². The molecule has 2 saturated carbocycles. The van der Waals surface area contributed by atoms with E-state index in [-0.39, 0.29) is 29.2 Å². The molecule has 2 aliphatic rings. The molecule has 0 unspecified atom stereocenters. The molecule has 0 heterocycles. The molecular weight excluding hydrogens is 240 g/mol. The lowest BCUT2D eigenvalue weighted by atomic mass is 9.74. The topological polar surface area (TPSA) is 51.2 Å². The zero-order valence-electron chi connectivity index (χ0n) is 10.7. The molecule has 3 nitrogen and oxygen atoms in total. The number of hydrogen-bond donors (Lipinski definition) is 0. The van der Waals surface area contributed by atoms with Crippen molar-refractivity contribution < 1.29 is 14.4 Å². The lowest BCUT2D eigenvalue weighted by Crippen LogP contribution is -2.38. The van der Waals surface area contributed by atoms with Gasteiger partial charge in [0.05, 0.1) is 0 Å². The number of hydrogen-bond acceptors (Lipinski definition) is 3. The number of ketones is 3. The van der Waals surface area contributed by atoms with Gasteiger partial charge < -0.3 is 0 Å². The van der Waals surface area contributed by atoms with E-state index in [1.54, 1.807) is 0 Å². The Hall–Kier alpha value is -1.77. The Morgan fingerprint density at radius 1 is 0.947 bits per heavy atom. The molecule has 0 radical (unpaired) electrons. The van der Waals surface area contributed by atoms with Gasteiger partial charge in [-0.25, -0.2) is 0 Å². The zero-order chi connectivity index (χ0) is 13.4. The minimum atomic E-state index is -0.951. The van der Waals surface area contributed by atoms with Crippen LogP contribution < -0.4 is 0 Å². The molecule has 1 aromatic carbocycles. The van der Waals surface area contributed by atoms with Gasteiger partial charge in [-0.3, -0.25) is 14.4 Å². The second-order valence-electron chi connectivity index (χ2n) is 5.56. The first-order valence-electron chi connectivity index (χ1n) is 6.81. The van der Waals surface area contributed by atoms with E-state index in [4.69, 9.17) is 0 Å². The SMILES string of the molecule is O=C1CC(c2ccccc2)CC(=O)C1C(=O)C1CC1. The van der Waals surface area contributed by atoms with Gasteiger partial charge in [-0.05, 0) is 24.3 Å². The van der Waals surface area contributed by atoms with Crippen molar-refractivity contribution in [2.24, 2.45) is 11.8 Å². The number of benzene rings is 1. The van der Waals surface area contributed by atoms with Crippen LogP contribution in [0.15, 0.2) is 30.3 Å². The molecule has 3 rings (SSSR count). The zero-order valence-corrected chi connectivity index (χ0v) is 10.7. The lowest BCUT2D eigenvalue weighted by molar-refractivity contribution is -0.143. The fourth-order valence-corrected chi connectivity index (χ4v) is 2.85. The second kappa shape index (κ2) is 4.72. The van der Waals surface area contributed by atoms with Gasteiger partial charge >= 0.3 is 0 Å².